The van der Waals surface area contributed by atoms with Crippen molar-refractivity contribution in [1.82, 2.24) is 4.98 Å². The van der Waals surface area contributed by atoms with Crippen molar-refractivity contribution in [3.63, 3.8) is 0 Å². The molecule has 0 spiro atoms. The Labute approximate surface area is 120 Å². The number of hydrogen-bond donors (Lipinski definition) is 0. The molecule has 1 aromatic carbocycles. The number of rotatable bonds is 6. The van der Waals surface area contributed by atoms with E-state index < -0.39 is 0 Å². The number of carbonyl (C=O) groups is 1. The molecule has 19 heavy (non-hydrogen) atoms. The number of ketones is 1. The van der Waals surface area contributed by atoms with Gasteiger partial charge in [0.15, 0.2) is 0 Å². The Hall–Kier alpha value is -1.44. The molecule has 2 aromatic rings. The molecule has 1 aromatic heterocycles. The van der Waals surface area contributed by atoms with Gasteiger partial charge in [-0.1, -0.05) is 0 Å². The van der Waals surface area contributed by atoms with E-state index in [-0.39, 0.29) is 5.78 Å². The molecule has 0 radical (unpaired) electrons. The summed E-state index contributed by atoms with van der Waals surface area (Å²) < 4.78 is 1.18. The fourth-order valence-electron chi connectivity index (χ4n) is 1.78. The minimum atomic E-state index is 0.241. The van der Waals surface area contributed by atoms with E-state index in [1.54, 1.807) is 6.92 Å². The molecule has 0 amide bonds. The number of benzene rings is 1. The van der Waals surface area contributed by atoms with Crippen molar-refractivity contribution >= 4 is 25.3 Å². The predicted molar refractivity (Wildman–Crippen MR) is 78.8 cm³/mol. The van der Waals surface area contributed by atoms with Gasteiger partial charge in [-0.05, 0) is 0 Å². The molecule has 0 aliphatic carbocycles. The Kier molecular flexibility index (Phi) is 5.31. The fraction of sp³-hybridized carbons (Fsp3) is 0.250. The first-order valence-electron chi connectivity index (χ1n) is 6.36. The van der Waals surface area contributed by atoms with Crippen molar-refractivity contribution in [3.05, 3.63) is 59.8 Å². The van der Waals surface area contributed by atoms with Gasteiger partial charge >= 0.3 is 120 Å². The van der Waals surface area contributed by atoms with Crippen LogP contribution in [0.1, 0.15) is 24.5 Å². The number of aryl methyl sites for hydroxylation is 1. The molecule has 1 heterocycles. The number of carbonyl (C=O) groups excluding carboxylic acids is 1. The Bertz CT molecular complexity index is 539. The molecule has 0 aliphatic heterocycles. The van der Waals surface area contributed by atoms with Crippen molar-refractivity contribution in [2.24, 2.45) is 0 Å². The van der Waals surface area contributed by atoms with Crippen LogP contribution in [0.25, 0.3) is 0 Å². The van der Waals surface area contributed by atoms with Crippen molar-refractivity contribution in [1.29, 1.82) is 0 Å². The molecule has 0 atom stereocenters. The number of nitrogens with zero attached hydrogens (tertiary/aromatic N) is 1. The molecule has 0 saturated heterocycles. The summed E-state index contributed by atoms with van der Waals surface area (Å²) in [6.45, 7) is 1.64. The maximum absolute atomic E-state index is 11.1. The molecule has 98 valence electrons. The van der Waals surface area contributed by atoms with Crippen LogP contribution < -0.4 is 4.59 Å². The first-order chi connectivity index (χ1) is 9.25. The SMILES string of the molecule is CC(=O)CCc1cccnc1[Se]Cc1ccccc1. The van der Waals surface area contributed by atoms with Crippen LogP contribution in [0.4, 0.5) is 0 Å². The number of hydrogen-bond acceptors (Lipinski definition) is 2. The molecule has 0 saturated carbocycles. The number of aromatic nitrogens is 1. The standard InChI is InChI=1S/C16H17NOSe/c1-13(18)9-10-15-8-5-11-17-16(15)19-12-14-6-3-2-4-7-14/h2-8,11H,9-10,12H2,1H3. The van der Waals surface area contributed by atoms with E-state index in [1.807, 2.05) is 18.3 Å². The normalized spacial score (nSPS) is 10.4. The second-order valence-electron chi connectivity index (χ2n) is 4.44. The van der Waals surface area contributed by atoms with Crippen LogP contribution in [0, 0.1) is 0 Å². The number of Topliss-reactive ketones (excluding diaryl/α,β-unsaturated/α-hetero) is 1. The van der Waals surface area contributed by atoms with Gasteiger partial charge in [0.1, 0.15) is 0 Å². The number of pyridine rings is 1. The van der Waals surface area contributed by atoms with Crippen LogP contribution in [0.15, 0.2) is 48.7 Å². The van der Waals surface area contributed by atoms with E-state index in [2.05, 4.69) is 35.3 Å². The van der Waals surface area contributed by atoms with Crippen LogP contribution in [0.2, 0.25) is 0 Å². The van der Waals surface area contributed by atoms with Crippen LogP contribution in [0.3, 0.4) is 0 Å². The van der Waals surface area contributed by atoms with E-state index in [0.717, 1.165) is 11.7 Å². The third-order valence-electron chi connectivity index (χ3n) is 2.81. The summed E-state index contributed by atoms with van der Waals surface area (Å²) in [5.41, 5.74) is 2.58. The van der Waals surface area contributed by atoms with Gasteiger partial charge in [-0.25, -0.2) is 0 Å². The molecular formula is C16H17NOSe. The minimum absolute atomic E-state index is 0.241. The van der Waals surface area contributed by atoms with Gasteiger partial charge in [0.25, 0.3) is 0 Å². The molecule has 0 bridgehead atoms. The van der Waals surface area contributed by atoms with Crippen molar-refractivity contribution < 1.29 is 4.79 Å². The first kappa shape index (κ1) is 14.0. The van der Waals surface area contributed by atoms with E-state index in [1.165, 1.54) is 15.7 Å². The van der Waals surface area contributed by atoms with Crippen LogP contribution in [-0.4, -0.2) is 25.7 Å². The monoisotopic (exact) mass is 319 g/mol. The average molecular weight is 318 g/mol. The van der Waals surface area contributed by atoms with Crippen molar-refractivity contribution in [2.75, 3.05) is 0 Å². The van der Waals surface area contributed by atoms with Crippen molar-refractivity contribution in [2.45, 2.75) is 25.1 Å². The van der Waals surface area contributed by atoms with Gasteiger partial charge in [0.05, 0.1) is 0 Å². The topological polar surface area (TPSA) is 30.0 Å². The summed E-state index contributed by atoms with van der Waals surface area (Å²) in [5, 5.41) is 1.05. The van der Waals surface area contributed by atoms with Gasteiger partial charge in [0, 0.05) is 0 Å². The third-order valence-corrected chi connectivity index (χ3v) is 5.16. The van der Waals surface area contributed by atoms with Crippen molar-refractivity contribution in [3.8, 4) is 0 Å². The van der Waals surface area contributed by atoms with Gasteiger partial charge in [-0.15, -0.1) is 0 Å². The molecule has 3 heteroatoms. The fourth-order valence-corrected chi connectivity index (χ4v) is 3.85. The van der Waals surface area contributed by atoms with Gasteiger partial charge in [-0.3, -0.25) is 0 Å². The van der Waals surface area contributed by atoms with Crippen LogP contribution in [0.5, 0.6) is 0 Å². The summed E-state index contributed by atoms with van der Waals surface area (Å²) in [6, 6.07) is 14.5. The quantitative estimate of drug-likeness (QED) is 0.764. The average Bonchev–Trinajstić information content (AvgIpc) is 2.45. The molecule has 0 N–H and O–H groups in total. The second-order valence-corrected chi connectivity index (χ2v) is 6.47. The molecular weight excluding hydrogens is 301 g/mol. The Morgan fingerprint density at radius 3 is 2.68 bits per heavy atom. The Morgan fingerprint density at radius 1 is 1.16 bits per heavy atom. The predicted octanol–water partition coefficient (Wildman–Crippen LogP) is 2.13. The summed E-state index contributed by atoms with van der Waals surface area (Å²) in [6.07, 6.45) is 3.27. The zero-order chi connectivity index (χ0) is 13.5. The second kappa shape index (κ2) is 7.22. The summed E-state index contributed by atoms with van der Waals surface area (Å²) in [5.74, 6) is 0.241. The zero-order valence-electron chi connectivity index (χ0n) is 11.0. The molecule has 0 unspecified atom stereocenters. The van der Waals surface area contributed by atoms with E-state index in [4.69, 9.17) is 0 Å². The molecule has 2 nitrogen and oxygen atoms in total. The van der Waals surface area contributed by atoms with E-state index in [9.17, 15) is 4.79 Å². The summed E-state index contributed by atoms with van der Waals surface area (Å²) in [7, 11) is 0. The van der Waals surface area contributed by atoms with E-state index in [0.29, 0.717) is 21.4 Å². The third kappa shape index (κ3) is 4.62. The maximum atomic E-state index is 11.1. The van der Waals surface area contributed by atoms with Crippen LogP contribution in [-0.2, 0) is 16.5 Å². The Balaban J connectivity index is 2.01. The van der Waals surface area contributed by atoms with Gasteiger partial charge in [-0.2, -0.15) is 0 Å². The van der Waals surface area contributed by atoms with Crippen LogP contribution >= 0.6 is 0 Å². The Morgan fingerprint density at radius 2 is 1.95 bits per heavy atom. The van der Waals surface area contributed by atoms with Gasteiger partial charge < -0.3 is 0 Å². The van der Waals surface area contributed by atoms with Gasteiger partial charge in [0.2, 0.25) is 0 Å². The summed E-state index contributed by atoms with van der Waals surface area (Å²) >= 11 is 0.328. The molecule has 0 fully saturated rings. The zero-order valence-corrected chi connectivity index (χ0v) is 12.7. The molecule has 2 rings (SSSR count). The molecule has 0 aliphatic rings. The summed E-state index contributed by atoms with van der Waals surface area (Å²) in [4.78, 5) is 15.6. The first-order valence-corrected chi connectivity index (χ1v) is 8.42. The van der Waals surface area contributed by atoms with E-state index >= 15 is 0 Å².